The van der Waals surface area contributed by atoms with Gasteiger partial charge >= 0.3 is 5.97 Å². The molecular weight excluding hydrogens is 627 g/mol. The van der Waals surface area contributed by atoms with Crippen LogP contribution in [0.3, 0.4) is 0 Å². The predicted octanol–water partition coefficient (Wildman–Crippen LogP) is 7.83. The number of nitrogens with zero attached hydrogens (tertiary/aromatic N) is 1. The van der Waals surface area contributed by atoms with E-state index in [4.69, 9.17) is 64.2 Å². The van der Waals surface area contributed by atoms with E-state index < -0.39 is 11.9 Å². The summed E-state index contributed by atoms with van der Waals surface area (Å²) in [5, 5.41) is 11.4. The second-order valence-corrected chi connectivity index (χ2v) is 10.7. The number of nitrogens with two attached hydrogens (primary N) is 1. The van der Waals surface area contributed by atoms with Crippen LogP contribution in [0.2, 0.25) is 15.1 Å². The van der Waals surface area contributed by atoms with Crippen LogP contribution in [0.15, 0.2) is 90.3 Å². The molecule has 1 aliphatic rings. The van der Waals surface area contributed by atoms with E-state index in [0.717, 1.165) is 5.56 Å². The number of carbonyl (C=O) groups excluding carboxylic acids is 1. The zero-order chi connectivity index (χ0) is 31.2. The molecule has 1 atom stereocenters. The van der Waals surface area contributed by atoms with Crippen LogP contribution in [-0.2, 0) is 11.4 Å². The molecule has 0 amide bonds. The number of rotatable bonds is 10. The first kappa shape index (κ1) is 30.9. The Balaban J connectivity index is 1.38. The van der Waals surface area contributed by atoms with E-state index in [1.807, 2.05) is 13.0 Å². The number of para-hydroxylation sites is 1. The molecule has 224 valence electrons. The molecule has 8 nitrogen and oxygen atoms in total. The average Bonchev–Trinajstić information content (AvgIpc) is 3.00. The van der Waals surface area contributed by atoms with Crippen LogP contribution in [-0.4, -0.2) is 19.2 Å². The number of esters is 1. The standard InChI is InChI=1S/C33H25Cl3N2O6/c1-2-40-30-13-19(8-12-28(30)41-17-20-7-9-21(34)14-26(20)36)32-23-11-10-22(15-29(23)44-33(38)24(32)16-37)43-31(39)18-42-27-6-4-3-5-25(27)35/h3-15,32H,2,17-18,38H2,1H3. The second-order valence-electron chi connectivity index (χ2n) is 9.48. The topological polar surface area (TPSA) is 113 Å². The SMILES string of the molecule is CCOc1cc(C2C(C#N)=C(N)Oc3cc(OC(=O)COc4ccccc4Cl)ccc32)ccc1OCc1ccc(Cl)cc1Cl. The molecule has 0 saturated heterocycles. The van der Waals surface area contributed by atoms with Crippen molar-refractivity contribution in [3.63, 3.8) is 0 Å². The van der Waals surface area contributed by atoms with Crippen molar-refractivity contribution in [2.24, 2.45) is 5.73 Å². The van der Waals surface area contributed by atoms with Crippen LogP contribution in [0.4, 0.5) is 0 Å². The summed E-state index contributed by atoms with van der Waals surface area (Å²) in [5.41, 5.74) is 8.53. The van der Waals surface area contributed by atoms with Crippen LogP contribution >= 0.6 is 34.8 Å². The molecule has 1 heterocycles. The molecule has 0 fully saturated rings. The van der Waals surface area contributed by atoms with Crippen LogP contribution in [0.25, 0.3) is 0 Å². The van der Waals surface area contributed by atoms with Gasteiger partial charge in [-0.1, -0.05) is 65.1 Å². The zero-order valence-corrected chi connectivity index (χ0v) is 25.6. The summed E-state index contributed by atoms with van der Waals surface area (Å²) in [4.78, 5) is 12.5. The highest BCUT2D eigenvalue weighted by molar-refractivity contribution is 6.35. The van der Waals surface area contributed by atoms with Crippen molar-refractivity contribution in [2.45, 2.75) is 19.4 Å². The Labute approximate surface area is 269 Å². The number of nitriles is 1. The van der Waals surface area contributed by atoms with Gasteiger partial charge in [0.1, 0.15) is 35.5 Å². The molecule has 0 spiro atoms. The molecule has 1 unspecified atom stereocenters. The minimum absolute atomic E-state index is 0.0637. The third-order valence-corrected chi connectivity index (χ3v) is 7.50. The minimum atomic E-state index is -0.643. The summed E-state index contributed by atoms with van der Waals surface area (Å²) in [6.45, 7) is 2.07. The summed E-state index contributed by atoms with van der Waals surface area (Å²) in [6, 6.07) is 24.4. The highest BCUT2D eigenvalue weighted by Gasteiger charge is 2.32. The number of hydrogen-bond donors (Lipinski definition) is 1. The Morgan fingerprint density at radius 2 is 1.73 bits per heavy atom. The molecule has 2 N–H and O–H groups in total. The van der Waals surface area contributed by atoms with E-state index >= 15 is 0 Å². The van der Waals surface area contributed by atoms with E-state index in [2.05, 4.69) is 6.07 Å². The fourth-order valence-electron chi connectivity index (χ4n) is 4.59. The van der Waals surface area contributed by atoms with Gasteiger partial charge in [0.15, 0.2) is 18.1 Å². The first-order valence-electron chi connectivity index (χ1n) is 13.4. The average molecular weight is 652 g/mol. The third kappa shape index (κ3) is 6.98. The number of allylic oxidation sites excluding steroid dienone is 1. The molecule has 0 bridgehead atoms. The van der Waals surface area contributed by atoms with E-state index in [1.165, 1.54) is 6.07 Å². The number of halogens is 3. The fraction of sp³-hybridized carbons (Fsp3) is 0.152. The van der Waals surface area contributed by atoms with E-state index in [-0.39, 0.29) is 30.4 Å². The summed E-state index contributed by atoms with van der Waals surface area (Å²) in [6.07, 6.45) is 0. The molecular formula is C33H25Cl3N2O6. The number of benzene rings is 4. The Bertz CT molecular complexity index is 1790. The van der Waals surface area contributed by atoms with Gasteiger partial charge in [0, 0.05) is 27.2 Å². The van der Waals surface area contributed by atoms with E-state index in [9.17, 15) is 10.1 Å². The smallest absolute Gasteiger partial charge is 0.349 e. The lowest BCUT2D eigenvalue weighted by atomic mass is 9.83. The molecule has 0 saturated carbocycles. The van der Waals surface area contributed by atoms with Gasteiger partial charge in [-0.05, 0) is 55.0 Å². The quantitative estimate of drug-likeness (QED) is 0.136. The van der Waals surface area contributed by atoms with Gasteiger partial charge in [-0.2, -0.15) is 5.26 Å². The third-order valence-electron chi connectivity index (χ3n) is 6.60. The fourth-order valence-corrected chi connectivity index (χ4v) is 5.24. The normalized spacial score (nSPS) is 13.8. The minimum Gasteiger partial charge on any atom is -0.490 e. The lowest BCUT2D eigenvalue weighted by Crippen LogP contribution is -2.22. The van der Waals surface area contributed by atoms with E-state index in [1.54, 1.807) is 66.7 Å². The summed E-state index contributed by atoms with van der Waals surface area (Å²) < 4.78 is 28.6. The van der Waals surface area contributed by atoms with Crippen molar-refractivity contribution in [3.8, 4) is 34.8 Å². The number of ether oxygens (including phenoxy) is 5. The number of carbonyl (C=O) groups is 1. The molecule has 4 aromatic rings. The number of fused-ring (bicyclic) bond motifs is 1. The van der Waals surface area contributed by atoms with Gasteiger partial charge in [-0.3, -0.25) is 0 Å². The molecule has 5 rings (SSSR count). The molecule has 44 heavy (non-hydrogen) atoms. The largest absolute Gasteiger partial charge is 0.490 e. The van der Waals surface area contributed by atoms with E-state index in [0.29, 0.717) is 55.8 Å². The van der Waals surface area contributed by atoms with Gasteiger partial charge in [-0.25, -0.2) is 4.79 Å². The Hall–Kier alpha value is -4.55. The lowest BCUT2D eigenvalue weighted by Gasteiger charge is -2.27. The van der Waals surface area contributed by atoms with Gasteiger partial charge in [-0.15, -0.1) is 0 Å². The summed E-state index contributed by atoms with van der Waals surface area (Å²) in [7, 11) is 0. The van der Waals surface area contributed by atoms with Crippen molar-refractivity contribution >= 4 is 40.8 Å². The van der Waals surface area contributed by atoms with Crippen LogP contribution < -0.4 is 29.4 Å². The molecule has 4 aromatic carbocycles. The molecule has 11 heteroatoms. The maximum Gasteiger partial charge on any atom is 0.349 e. The van der Waals surface area contributed by atoms with Crippen molar-refractivity contribution in [1.29, 1.82) is 5.26 Å². The van der Waals surface area contributed by atoms with Crippen LogP contribution in [0.1, 0.15) is 29.5 Å². The van der Waals surface area contributed by atoms with Crippen LogP contribution in [0, 0.1) is 11.3 Å². The van der Waals surface area contributed by atoms with Gasteiger partial charge in [0.05, 0.1) is 17.5 Å². The highest BCUT2D eigenvalue weighted by Crippen LogP contribution is 2.45. The maximum absolute atomic E-state index is 12.5. The first-order valence-corrected chi connectivity index (χ1v) is 14.5. The zero-order valence-electron chi connectivity index (χ0n) is 23.3. The molecule has 1 aliphatic heterocycles. The highest BCUT2D eigenvalue weighted by atomic mass is 35.5. The lowest BCUT2D eigenvalue weighted by molar-refractivity contribution is -0.136. The Morgan fingerprint density at radius 3 is 2.48 bits per heavy atom. The van der Waals surface area contributed by atoms with Crippen molar-refractivity contribution < 1.29 is 28.5 Å². The maximum atomic E-state index is 12.5. The second kappa shape index (κ2) is 13.8. The Morgan fingerprint density at radius 1 is 0.909 bits per heavy atom. The van der Waals surface area contributed by atoms with Crippen molar-refractivity contribution in [1.82, 2.24) is 0 Å². The number of hydrogen-bond acceptors (Lipinski definition) is 8. The Kier molecular flexibility index (Phi) is 9.71. The monoisotopic (exact) mass is 650 g/mol. The van der Waals surface area contributed by atoms with Crippen LogP contribution in [0.5, 0.6) is 28.7 Å². The van der Waals surface area contributed by atoms with Gasteiger partial charge < -0.3 is 29.4 Å². The summed E-state index contributed by atoms with van der Waals surface area (Å²) >= 11 is 18.4. The van der Waals surface area contributed by atoms with Gasteiger partial charge in [0.2, 0.25) is 5.88 Å². The molecule has 0 radical (unpaired) electrons. The molecule has 0 aromatic heterocycles. The van der Waals surface area contributed by atoms with Crippen molar-refractivity contribution in [3.05, 3.63) is 122 Å². The van der Waals surface area contributed by atoms with Crippen molar-refractivity contribution in [2.75, 3.05) is 13.2 Å². The summed E-state index contributed by atoms with van der Waals surface area (Å²) in [5.74, 6) is 0.579. The first-order chi connectivity index (χ1) is 21.3. The molecule has 0 aliphatic carbocycles. The predicted molar refractivity (Wildman–Crippen MR) is 167 cm³/mol. The van der Waals surface area contributed by atoms with Gasteiger partial charge in [0.25, 0.3) is 0 Å².